The largest absolute Gasteiger partial charge is 0.493 e. The first-order valence-electron chi connectivity index (χ1n) is 11.5. The summed E-state index contributed by atoms with van der Waals surface area (Å²) in [7, 11) is 4.59. The molecule has 0 bridgehead atoms. The van der Waals surface area contributed by atoms with Crippen molar-refractivity contribution in [1.82, 2.24) is 9.55 Å². The van der Waals surface area contributed by atoms with Crippen molar-refractivity contribution in [1.29, 1.82) is 0 Å². The van der Waals surface area contributed by atoms with E-state index in [0.717, 1.165) is 11.1 Å². The van der Waals surface area contributed by atoms with Gasteiger partial charge in [-0.2, -0.15) is 0 Å². The molecule has 1 amide bonds. The SMILES string of the molecule is COc1cc(CC(=O)Nc2ccc(-n3c(C)nc4cc(C)c(C)cc4c3=O)cc2)cc(OC)c1OC. The third-order valence-electron chi connectivity index (χ3n) is 6.15. The molecule has 0 fully saturated rings. The summed E-state index contributed by atoms with van der Waals surface area (Å²) in [5, 5.41) is 3.47. The molecule has 0 saturated heterocycles. The number of ether oxygens (including phenoxy) is 3. The normalized spacial score (nSPS) is 10.8. The van der Waals surface area contributed by atoms with Crippen molar-refractivity contribution in [3.05, 3.63) is 81.4 Å². The highest BCUT2D eigenvalue weighted by atomic mass is 16.5. The number of amides is 1. The summed E-state index contributed by atoms with van der Waals surface area (Å²) in [6.07, 6.45) is 0.115. The van der Waals surface area contributed by atoms with E-state index in [1.165, 1.54) is 21.3 Å². The van der Waals surface area contributed by atoms with Gasteiger partial charge in [0, 0.05) is 5.69 Å². The molecule has 8 heteroatoms. The average molecular weight is 488 g/mol. The van der Waals surface area contributed by atoms with Crippen LogP contribution in [0.4, 0.5) is 5.69 Å². The van der Waals surface area contributed by atoms with Crippen LogP contribution >= 0.6 is 0 Å². The zero-order valence-corrected chi connectivity index (χ0v) is 21.3. The van der Waals surface area contributed by atoms with Gasteiger partial charge in [0.05, 0.1) is 44.3 Å². The molecule has 0 atom stereocenters. The van der Waals surface area contributed by atoms with Crippen molar-refractivity contribution in [2.24, 2.45) is 0 Å². The van der Waals surface area contributed by atoms with Gasteiger partial charge in [0.25, 0.3) is 5.56 Å². The van der Waals surface area contributed by atoms with E-state index in [9.17, 15) is 9.59 Å². The number of carbonyl (C=O) groups is 1. The fourth-order valence-corrected chi connectivity index (χ4v) is 4.18. The Kier molecular flexibility index (Phi) is 6.96. The van der Waals surface area contributed by atoms with Crippen LogP contribution in [0.3, 0.4) is 0 Å². The molecule has 186 valence electrons. The van der Waals surface area contributed by atoms with Crippen LogP contribution in [0, 0.1) is 20.8 Å². The molecule has 3 aromatic carbocycles. The monoisotopic (exact) mass is 487 g/mol. The fraction of sp³-hybridized carbons (Fsp3) is 0.250. The number of hydrogen-bond acceptors (Lipinski definition) is 6. The maximum Gasteiger partial charge on any atom is 0.265 e. The number of nitrogens with zero attached hydrogens (tertiary/aromatic N) is 2. The van der Waals surface area contributed by atoms with E-state index >= 15 is 0 Å². The second-order valence-electron chi connectivity index (χ2n) is 8.56. The zero-order chi connectivity index (χ0) is 26.0. The summed E-state index contributed by atoms with van der Waals surface area (Å²) in [6, 6.07) is 14.4. The number of fused-ring (bicyclic) bond motifs is 1. The van der Waals surface area contributed by atoms with Crippen molar-refractivity contribution >= 4 is 22.5 Å². The number of aryl methyl sites for hydroxylation is 3. The van der Waals surface area contributed by atoms with E-state index in [0.29, 0.717) is 50.9 Å². The highest BCUT2D eigenvalue weighted by Crippen LogP contribution is 2.38. The van der Waals surface area contributed by atoms with Crippen molar-refractivity contribution in [3.63, 3.8) is 0 Å². The molecular weight excluding hydrogens is 458 g/mol. The molecule has 1 aromatic heterocycles. The Labute approximate surface area is 209 Å². The van der Waals surface area contributed by atoms with Crippen LogP contribution in [0.1, 0.15) is 22.5 Å². The van der Waals surface area contributed by atoms with Gasteiger partial charge in [-0.25, -0.2) is 4.98 Å². The second kappa shape index (κ2) is 10.1. The van der Waals surface area contributed by atoms with Crippen LogP contribution in [0.15, 0.2) is 53.3 Å². The summed E-state index contributed by atoms with van der Waals surface area (Å²) < 4.78 is 17.6. The average Bonchev–Trinajstić information content (AvgIpc) is 2.85. The molecule has 4 rings (SSSR count). The van der Waals surface area contributed by atoms with Crippen LogP contribution < -0.4 is 25.1 Å². The first-order valence-corrected chi connectivity index (χ1v) is 11.5. The minimum Gasteiger partial charge on any atom is -0.493 e. The van der Waals surface area contributed by atoms with Crippen molar-refractivity contribution in [3.8, 4) is 22.9 Å². The van der Waals surface area contributed by atoms with Crippen molar-refractivity contribution in [2.75, 3.05) is 26.6 Å². The third-order valence-corrected chi connectivity index (χ3v) is 6.15. The molecule has 36 heavy (non-hydrogen) atoms. The van der Waals surface area contributed by atoms with Gasteiger partial charge >= 0.3 is 0 Å². The van der Waals surface area contributed by atoms with E-state index in [1.807, 2.05) is 32.9 Å². The molecule has 0 saturated carbocycles. The maximum atomic E-state index is 13.3. The Morgan fingerprint density at radius 2 is 1.50 bits per heavy atom. The molecule has 0 radical (unpaired) electrons. The molecule has 0 unspecified atom stereocenters. The van der Waals surface area contributed by atoms with Crippen LogP contribution in [-0.2, 0) is 11.2 Å². The lowest BCUT2D eigenvalue weighted by atomic mass is 10.1. The second-order valence-corrected chi connectivity index (χ2v) is 8.56. The summed E-state index contributed by atoms with van der Waals surface area (Å²) in [5.74, 6) is 1.83. The van der Waals surface area contributed by atoms with E-state index < -0.39 is 0 Å². The molecule has 0 aliphatic carbocycles. The predicted octanol–water partition coefficient (Wildman–Crippen LogP) is 4.52. The van der Waals surface area contributed by atoms with Crippen LogP contribution in [0.2, 0.25) is 0 Å². The summed E-state index contributed by atoms with van der Waals surface area (Å²) in [6.45, 7) is 5.79. The smallest absolute Gasteiger partial charge is 0.265 e. The Hall–Kier alpha value is -4.33. The Balaban J connectivity index is 1.56. The van der Waals surface area contributed by atoms with Gasteiger partial charge < -0.3 is 19.5 Å². The Morgan fingerprint density at radius 1 is 0.889 bits per heavy atom. The highest BCUT2D eigenvalue weighted by Gasteiger charge is 2.16. The minimum absolute atomic E-state index is 0.115. The summed E-state index contributed by atoms with van der Waals surface area (Å²) in [5.41, 5.74) is 4.70. The van der Waals surface area contributed by atoms with Crippen molar-refractivity contribution < 1.29 is 19.0 Å². The van der Waals surface area contributed by atoms with Crippen molar-refractivity contribution in [2.45, 2.75) is 27.2 Å². The number of rotatable bonds is 7. The number of carbonyl (C=O) groups excluding carboxylic acids is 1. The summed E-state index contributed by atoms with van der Waals surface area (Å²) >= 11 is 0. The van der Waals surface area contributed by atoms with E-state index in [2.05, 4.69) is 10.3 Å². The van der Waals surface area contributed by atoms with Crippen LogP contribution in [-0.4, -0.2) is 36.8 Å². The number of methoxy groups -OCH3 is 3. The molecular formula is C28H29N3O5. The van der Waals surface area contributed by atoms with E-state index in [1.54, 1.807) is 41.0 Å². The number of aromatic nitrogens is 2. The lowest BCUT2D eigenvalue weighted by Crippen LogP contribution is -2.22. The Morgan fingerprint density at radius 3 is 2.08 bits per heavy atom. The standard InChI is InChI=1S/C28H29N3O5/c1-16-11-22-23(12-17(16)2)29-18(3)31(28(22)33)21-9-7-20(8-10-21)30-26(32)15-19-13-24(34-4)27(36-6)25(14-19)35-5/h7-14H,15H2,1-6H3,(H,30,32). The first-order chi connectivity index (χ1) is 17.2. The van der Waals surface area contributed by atoms with Gasteiger partial charge in [0.2, 0.25) is 11.7 Å². The maximum absolute atomic E-state index is 13.3. The topological polar surface area (TPSA) is 91.7 Å². The number of hydrogen-bond donors (Lipinski definition) is 1. The molecule has 0 aliphatic rings. The lowest BCUT2D eigenvalue weighted by Gasteiger charge is -2.14. The number of nitrogens with one attached hydrogen (secondary N) is 1. The van der Waals surface area contributed by atoms with Gasteiger partial charge in [0.1, 0.15) is 5.82 Å². The number of anilines is 1. The third kappa shape index (κ3) is 4.75. The fourth-order valence-electron chi connectivity index (χ4n) is 4.18. The molecule has 1 N–H and O–H groups in total. The van der Waals surface area contributed by atoms with Gasteiger partial charge in [-0.05, 0) is 86.0 Å². The van der Waals surface area contributed by atoms with Crippen LogP contribution in [0.5, 0.6) is 17.2 Å². The summed E-state index contributed by atoms with van der Waals surface area (Å²) in [4.78, 5) is 30.6. The lowest BCUT2D eigenvalue weighted by molar-refractivity contribution is -0.115. The molecule has 1 heterocycles. The highest BCUT2D eigenvalue weighted by molar-refractivity contribution is 5.92. The first kappa shape index (κ1) is 24.8. The van der Waals surface area contributed by atoms with Gasteiger partial charge in [-0.15, -0.1) is 0 Å². The molecule has 4 aromatic rings. The predicted molar refractivity (Wildman–Crippen MR) is 140 cm³/mol. The van der Waals surface area contributed by atoms with E-state index in [4.69, 9.17) is 14.2 Å². The van der Waals surface area contributed by atoms with Gasteiger partial charge in [-0.3, -0.25) is 14.2 Å². The van der Waals surface area contributed by atoms with E-state index in [-0.39, 0.29) is 17.9 Å². The minimum atomic E-state index is -0.205. The molecule has 8 nitrogen and oxygen atoms in total. The Bertz CT molecular complexity index is 1480. The zero-order valence-electron chi connectivity index (χ0n) is 21.3. The van der Waals surface area contributed by atoms with Gasteiger partial charge in [0.15, 0.2) is 11.5 Å². The van der Waals surface area contributed by atoms with Gasteiger partial charge in [-0.1, -0.05) is 0 Å². The number of benzene rings is 3. The van der Waals surface area contributed by atoms with Crippen LogP contribution in [0.25, 0.3) is 16.6 Å². The molecule has 0 aliphatic heterocycles. The molecule has 0 spiro atoms. The quantitative estimate of drug-likeness (QED) is 0.412.